The minimum absolute atomic E-state index is 0.138. The first kappa shape index (κ1) is 15.2. The second-order valence-corrected chi connectivity index (χ2v) is 5.27. The fraction of sp³-hybridized carbons (Fsp3) is 0.571. The van der Waals surface area contributed by atoms with Gasteiger partial charge in [-0.15, -0.1) is 0 Å². The maximum Gasteiger partial charge on any atom is 0.194 e. The molecule has 1 N–H and O–H groups in total. The molecule has 0 saturated carbocycles. The van der Waals surface area contributed by atoms with Gasteiger partial charge in [0.15, 0.2) is 5.17 Å². The first-order valence-corrected chi connectivity index (χ1v) is 7.31. The van der Waals surface area contributed by atoms with Gasteiger partial charge in [0.1, 0.15) is 18.4 Å². The maximum atomic E-state index is 9.89. The van der Waals surface area contributed by atoms with Crippen LogP contribution in [0.3, 0.4) is 0 Å². The summed E-state index contributed by atoms with van der Waals surface area (Å²) in [7, 11) is 0. The average Bonchev–Trinajstić information content (AvgIpc) is 2.49. The molecule has 5 nitrogen and oxygen atoms in total. The van der Waals surface area contributed by atoms with Gasteiger partial charge in [-0.1, -0.05) is 29.2 Å². The van der Waals surface area contributed by atoms with Crippen molar-refractivity contribution < 1.29 is 9.94 Å². The third kappa shape index (κ3) is 5.07. The van der Waals surface area contributed by atoms with Crippen LogP contribution in [0, 0.1) is 0 Å². The summed E-state index contributed by atoms with van der Waals surface area (Å²) in [5.41, 5.74) is 0.555. The van der Waals surface area contributed by atoms with Crippen LogP contribution in [0.2, 0.25) is 0 Å². The standard InChI is InChI=1S/C14H20ClN3O2/c15-14(13-6-2-3-7-16-13)17-20-11-12(19)10-18-8-4-1-5-9-18/h2-3,6-7,12,19H,1,4-5,8-11H2/b17-14-. The van der Waals surface area contributed by atoms with Gasteiger partial charge in [-0.25, -0.2) is 0 Å². The van der Waals surface area contributed by atoms with Crippen LogP contribution in [0.15, 0.2) is 29.6 Å². The Morgan fingerprint density at radius 2 is 2.20 bits per heavy atom. The van der Waals surface area contributed by atoms with Crippen molar-refractivity contribution in [3.63, 3.8) is 0 Å². The summed E-state index contributed by atoms with van der Waals surface area (Å²) in [6, 6.07) is 5.38. The van der Waals surface area contributed by atoms with Crippen molar-refractivity contribution >= 4 is 16.8 Å². The molecule has 1 aliphatic rings. The van der Waals surface area contributed by atoms with Gasteiger partial charge >= 0.3 is 0 Å². The number of pyridine rings is 1. The summed E-state index contributed by atoms with van der Waals surface area (Å²) in [5, 5.41) is 13.8. The third-order valence-electron chi connectivity index (χ3n) is 3.21. The summed E-state index contributed by atoms with van der Waals surface area (Å²) < 4.78 is 0. The molecule has 1 atom stereocenters. The molecule has 0 amide bonds. The molecule has 2 heterocycles. The van der Waals surface area contributed by atoms with Gasteiger partial charge in [0.05, 0.1) is 0 Å². The van der Waals surface area contributed by atoms with Crippen LogP contribution in [0.25, 0.3) is 0 Å². The number of piperidine rings is 1. The van der Waals surface area contributed by atoms with E-state index < -0.39 is 6.10 Å². The molecule has 1 saturated heterocycles. The third-order valence-corrected chi connectivity index (χ3v) is 3.47. The zero-order chi connectivity index (χ0) is 14.2. The van der Waals surface area contributed by atoms with Crippen molar-refractivity contribution in [2.45, 2.75) is 25.4 Å². The number of β-amino-alcohol motifs (C(OH)–C–C–N with tert-alkyl or cyclic N) is 1. The topological polar surface area (TPSA) is 58.0 Å². The van der Waals surface area contributed by atoms with Gasteiger partial charge in [0.2, 0.25) is 0 Å². The highest BCUT2D eigenvalue weighted by Gasteiger charge is 2.15. The Bertz CT molecular complexity index is 422. The first-order valence-electron chi connectivity index (χ1n) is 6.93. The lowest BCUT2D eigenvalue weighted by Gasteiger charge is -2.27. The number of likely N-dealkylation sites (tertiary alicyclic amines) is 1. The number of aliphatic hydroxyl groups excluding tert-OH is 1. The number of halogens is 1. The van der Waals surface area contributed by atoms with Crippen molar-refractivity contribution in [2.24, 2.45) is 5.16 Å². The monoisotopic (exact) mass is 297 g/mol. The van der Waals surface area contributed by atoms with Crippen molar-refractivity contribution in [3.05, 3.63) is 30.1 Å². The Hall–Kier alpha value is -1.17. The lowest BCUT2D eigenvalue weighted by atomic mass is 10.1. The van der Waals surface area contributed by atoms with Gasteiger partial charge < -0.3 is 14.8 Å². The number of hydrogen-bond acceptors (Lipinski definition) is 5. The Morgan fingerprint density at radius 1 is 1.40 bits per heavy atom. The molecule has 0 aromatic carbocycles. The first-order chi connectivity index (χ1) is 9.75. The van der Waals surface area contributed by atoms with Gasteiger partial charge in [0.25, 0.3) is 0 Å². The van der Waals surface area contributed by atoms with E-state index in [1.165, 1.54) is 19.3 Å². The zero-order valence-electron chi connectivity index (χ0n) is 11.4. The highest BCUT2D eigenvalue weighted by atomic mass is 35.5. The van der Waals surface area contributed by atoms with E-state index in [-0.39, 0.29) is 11.8 Å². The van der Waals surface area contributed by atoms with Gasteiger partial charge in [-0.3, -0.25) is 4.98 Å². The summed E-state index contributed by atoms with van der Waals surface area (Å²) in [5.74, 6) is 0. The van der Waals surface area contributed by atoms with Crippen molar-refractivity contribution in [2.75, 3.05) is 26.2 Å². The molecule has 1 aromatic rings. The maximum absolute atomic E-state index is 9.89. The SMILES string of the molecule is OC(CO/N=C(\Cl)c1ccccn1)CN1CCCCC1. The van der Waals surface area contributed by atoms with Crippen LogP contribution in [0.1, 0.15) is 25.0 Å². The molecule has 2 rings (SSSR count). The van der Waals surface area contributed by atoms with E-state index in [9.17, 15) is 5.11 Å². The predicted octanol–water partition coefficient (Wildman–Crippen LogP) is 1.85. The van der Waals surface area contributed by atoms with Crippen LogP contribution in [-0.2, 0) is 4.84 Å². The lowest BCUT2D eigenvalue weighted by Crippen LogP contribution is -2.38. The number of hydrogen-bond donors (Lipinski definition) is 1. The molecule has 20 heavy (non-hydrogen) atoms. The fourth-order valence-corrected chi connectivity index (χ4v) is 2.36. The molecule has 0 aliphatic carbocycles. The number of oxime groups is 1. The van der Waals surface area contributed by atoms with E-state index in [0.29, 0.717) is 12.2 Å². The number of nitrogens with zero attached hydrogens (tertiary/aromatic N) is 3. The Balaban J connectivity index is 1.71. The highest BCUT2D eigenvalue weighted by molar-refractivity contribution is 6.69. The van der Waals surface area contributed by atoms with E-state index >= 15 is 0 Å². The summed E-state index contributed by atoms with van der Waals surface area (Å²) in [6.45, 7) is 2.86. The highest BCUT2D eigenvalue weighted by Crippen LogP contribution is 2.09. The molecule has 0 spiro atoms. The van der Waals surface area contributed by atoms with Crippen molar-refractivity contribution in [1.29, 1.82) is 0 Å². The van der Waals surface area contributed by atoms with Crippen molar-refractivity contribution in [3.8, 4) is 0 Å². The average molecular weight is 298 g/mol. The van der Waals surface area contributed by atoms with E-state index in [4.69, 9.17) is 16.4 Å². The molecule has 0 radical (unpaired) electrons. The molecule has 110 valence electrons. The number of aromatic nitrogens is 1. The second kappa shape index (κ2) is 8.19. The molecule has 1 fully saturated rings. The smallest absolute Gasteiger partial charge is 0.194 e. The Kier molecular flexibility index (Phi) is 6.24. The predicted molar refractivity (Wildman–Crippen MR) is 78.9 cm³/mol. The number of aliphatic hydroxyl groups is 1. The van der Waals surface area contributed by atoms with Crippen LogP contribution in [0.4, 0.5) is 0 Å². The Morgan fingerprint density at radius 3 is 2.90 bits per heavy atom. The summed E-state index contributed by atoms with van der Waals surface area (Å²) >= 11 is 5.95. The van der Waals surface area contributed by atoms with Gasteiger partial charge in [0, 0.05) is 12.7 Å². The fourth-order valence-electron chi connectivity index (χ4n) is 2.20. The van der Waals surface area contributed by atoms with Crippen LogP contribution in [0.5, 0.6) is 0 Å². The van der Waals surface area contributed by atoms with E-state index in [1.54, 1.807) is 18.3 Å². The van der Waals surface area contributed by atoms with Crippen molar-refractivity contribution in [1.82, 2.24) is 9.88 Å². The van der Waals surface area contributed by atoms with Gasteiger partial charge in [-0.2, -0.15) is 0 Å². The molecular weight excluding hydrogens is 278 g/mol. The Labute approximate surface area is 124 Å². The molecular formula is C14H20ClN3O2. The van der Waals surface area contributed by atoms with E-state index in [1.807, 2.05) is 6.07 Å². The van der Waals surface area contributed by atoms with E-state index in [0.717, 1.165) is 13.1 Å². The minimum atomic E-state index is -0.551. The number of rotatable bonds is 6. The molecule has 1 aromatic heterocycles. The molecule has 6 heteroatoms. The second-order valence-electron chi connectivity index (χ2n) is 4.91. The largest absolute Gasteiger partial charge is 0.392 e. The van der Waals surface area contributed by atoms with Crippen LogP contribution < -0.4 is 0 Å². The van der Waals surface area contributed by atoms with Crippen LogP contribution in [-0.4, -0.2) is 52.5 Å². The van der Waals surface area contributed by atoms with Gasteiger partial charge in [-0.05, 0) is 38.1 Å². The zero-order valence-corrected chi connectivity index (χ0v) is 12.2. The summed E-state index contributed by atoms with van der Waals surface area (Å²) in [6.07, 6.45) is 4.78. The molecule has 1 aliphatic heterocycles. The lowest BCUT2D eigenvalue weighted by molar-refractivity contribution is 0.0161. The summed E-state index contributed by atoms with van der Waals surface area (Å²) in [4.78, 5) is 11.4. The van der Waals surface area contributed by atoms with E-state index in [2.05, 4.69) is 15.0 Å². The van der Waals surface area contributed by atoms with Crippen LogP contribution >= 0.6 is 11.6 Å². The quantitative estimate of drug-likeness (QED) is 0.643. The normalized spacial score (nSPS) is 18.8. The molecule has 1 unspecified atom stereocenters. The minimum Gasteiger partial charge on any atom is -0.392 e. The molecule has 0 bridgehead atoms.